The maximum Gasteiger partial charge on any atom is 0.302 e. The molecule has 3 heterocycles. The van der Waals surface area contributed by atoms with Crippen LogP contribution in [0.25, 0.3) is 28.4 Å². The Morgan fingerprint density at radius 3 is 2.70 bits per heavy atom. The van der Waals surface area contributed by atoms with Gasteiger partial charge < -0.3 is 4.42 Å². The number of hydrogen-bond acceptors (Lipinski definition) is 6. The lowest BCUT2D eigenvalue weighted by Gasteiger charge is -1.97. The molecule has 112 valence electrons. The van der Waals surface area contributed by atoms with Crippen LogP contribution >= 0.6 is 11.3 Å². The molecular weight excluding hydrogens is 312 g/mol. The van der Waals surface area contributed by atoms with Crippen LogP contribution in [0.4, 0.5) is 0 Å². The van der Waals surface area contributed by atoms with Crippen molar-refractivity contribution in [2.24, 2.45) is 0 Å². The lowest BCUT2D eigenvalue weighted by atomic mass is 10.2. The topological polar surface area (TPSA) is 73.3 Å². The van der Waals surface area contributed by atoms with E-state index in [1.807, 2.05) is 36.4 Å². The van der Waals surface area contributed by atoms with E-state index in [0.29, 0.717) is 15.7 Å². The van der Waals surface area contributed by atoms with Crippen LogP contribution in [-0.2, 0) is 0 Å². The summed E-state index contributed by atoms with van der Waals surface area (Å²) in [4.78, 5) is 13.0. The van der Waals surface area contributed by atoms with Gasteiger partial charge in [-0.1, -0.05) is 41.7 Å². The third-order valence-electron chi connectivity index (χ3n) is 3.19. The molecule has 0 fully saturated rings. The lowest BCUT2D eigenvalue weighted by molar-refractivity contribution is 0.557. The third-order valence-corrected chi connectivity index (χ3v) is 4.05. The number of benzene rings is 1. The van der Waals surface area contributed by atoms with Gasteiger partial charge in [0.15, 0.2) is 5.69 Å². The molecule has 0 spiro atoms. The number of nitrogens with zero attached hydrogens (tertiary/aromatic N) is 4. The molecule has 0 radical (unpaired) electrons. The summed E-state index contributed by atoms with van der Waals surface area (Å²) in [5.41, 5.74) is 0.727. The van der Waals surface area contributed by atoms with Crippen LogP contribution in [0.3, 0.4) is 0 Å². The van der Waals surface area contributed by atoms with E-state index in [4.69, 9.17) is 4.42 Å². The lowest BCUT2D eigenvalue weighted by Crippen LogP contribution is -2.19. The first-order valence-corrected chi connectivity index (χ1v) is 7.66. The Balaban J connectivity index is 1.78. The molecule has 1 aromatic carbocycles. The molecule has 4 aromatic rings. The van der Waals surface area contributed by atoms with E-state index in [1.165, 1.54) is 15.9 Å². The molecule has 4 rings (SSSR count). The zero-order chi connectivity index (χ0) is 15.6. The Bertz CT molecular complexity index is 1030. The summed E-state index contributed by atoms with van der Waals surface area (Å²) < 4.78 is 6.50. The van der Waals surface area contributed by atoms with Crippen LogP contribution in [0.2, 0.25) is 0 Å². The number of hydrogen-bond donors (Lipinski definition) is 0. The van der Waals surface area contributed by atoms with Crippen LogP contribution < -0.4 is 5.56 Å². The second-order valence-electron chi connectivity index (χ2n) is 4.70. The minimum Gasteiger partial charge on any atom is -0.465 e. The van der Waals surface area contributed by atoms with E-state index in [0.717, 1.165) is 5.56 Å². The zero-order valence-electron chi connectivity index (χ0n) is 11.8. The van der Waals surface area contributed by atoms with Gasteiger partial charge in [-0.3, -0.25) is 4.79 Å². The van der Waals surface area contributed by atoms with Crippen molar-refractivity contribution >= 4 is 28.4 Å². The van der Waals surface area contributed by atoms with Crippen LogP contribution in [0.15, 0.2) is 57.9 Å². The first kappa shape index (κ1) is 13.6. The van der Waals surface area contributed by atoms with Gasteiger partial charge in [0.05, 0.1) is 6.26 Å². The smallest absolute Gasteiger partial charge is 0.302 e. The second-order valence-corrected chi connectivity index (χ2v) is 5.69. The van der Waals surface area contributed by atoms with Crippen LogP contribution in [0, 0.1) is 0 Å². The van der Waals surface area contributed by atoms with Crippen LogP contribution in [-0.4, -0.2) is 19.8 Å². The fraction of sp³-hybridized carbons (Fsp3) is 0. The third kappa shape index (κ3) is 2.58. The van der Waals surface area contributed by atoms with Gasteiger partial charge in [0.1, 0.15) is 10.8 Å². The molecule has 7 heteroatoms. The average molecular weight is 322 g/mol. The van der Waals surface area contributed by atoms with Crippen molar-refractivity contribution in [2.75, 3.05) is 0 Å². The summed E-state index contributed by atoms with van der Waals surface area (Å²) in [6, 6.07) is 12.9. The van der Waals surface area contributed by atoms with Gasteiger partial charge in [-0.2, -0.15) is 9.61 Å². The molecule has 0 saturated heterocycles. The molecule has 0 N–H and O–H groups in total. The Morgan fingerprint density at radius 2 is 1.91 bits per heavy atom. The molecule has 0 amide bonds. The Kier molecular flexibility index (Phi) is 3.32. The zero-order valence-corrected chi connectivity index (χ0v) is 12.6. The molecule has 0 aliphatic carbocycles. The highest BCUT2D eigenvalue weighted by atomic mass is 32.1. The fourth-order valence-electron chi connectivity index (χ4n) is 2.11. The number of furan rings is 1. The minimum absolute atomic E-state index is 0.282. The first-order valence-electron chi connectivity index (χ1n) is 6.85. The summed E-state index contributed by atoms with van der Waals surface area (Å²) in [6.07, 6.45) is 5.16. The molecule has 0 bridgehead atoms. The van der Waals surface area contributed by atoms with Crippen LogP contribution in [0.5, 0.6) is 0 Å². The number of fused-ring (bicyclic) bond motifs is 1. The van der Waals surface area contributed by atoms with Gasteiger partial charge in [-0.05, 0) is 24.3 Å². The second kappa shape index (κ2) is 5.62. The van der Waals surface area contributed by atoms with E-state index >= 15 is 0 Å². The number of rotatable bonds is 3. The summed E-state index contributed by atoms with van der Waals surface area (Å²) in [7, 11) is 0. The van der Waals surface area contributed by atoms with Crippen molar-refractivity contribution in [3.05, 3.63) is 69.8 Å². The molecule has 23 heavy (non-hydrogen) atoms. The van der Waals surface area contributed by atoms with Gasteiger partial charge in [-0.25, -0.2) is 0 Å². The molecule has 3 aromatic heterocycles. The molecule has 6 nitrogen and oxygen atoms in total. The summed E-state index contributed by atoms with van der Waals surface area (Å²) in [5, 5.41) is 13.1. The van der Waals surface area contributed by atoms with E-state index in [1.54, 1.807) is 24.5 Å². The Morgan fingerprint density at radius 1 is 1.04 bits per heavy atom. The molecule has 0 saturated carbocycles. The number of aromatic nitrogens is 4. The van der Waals surface area contributed by atoms with Crippen molar-refractivity contribution in [2.45, 2.75) is 0 Å². The maximum absolute atomic E-state index is 12.5. The molecular formula is C16H10N4O2S. The maximum atomic E-state index is 12.5. The van der Waals surface area contributed by atoms with Crippen molar-refractivity contribution < 1.29 is 4.42 Å². The normalized spacial score (nSPS) is 11.5. The molecule has 0 aliphatic rings. The quantitative estimate of drug-likeness (QED) is 0.580. The Hall–Kier alpha value is -3.06. The highest BCUT2D eigenvalue weighted by molar-refractivity contribution is 7.17. The average Bonchev–Trinajstić information content (AvgIpc) is 3.24. The van der Waals surface area contributed by atoms with E-state index < -0.39 is 0 Å². The van der Waals surface area contributed by atoms with Crippen molar-refractivity contribution in [1.82, 2.24) is 19.8 Å². The molecule has 0 atom stereocenters. The predicted octanol–water partition coefficient (Wildman–Crippen LogP) is 2.98. The highest BCUT2D eigenvalue weighted by Gasteiger charge is 2.12. The SMILES string of the molecule is O=c1c(-c2ccccc2)nnc2sc(/C=C/c3ccco3)nn12. The van der Waals surface area contributed by atoms with E-state index in [-0.39, 0.29) is 11.3 Å². The van der Waals surface area contributed by atoms with Gasteiger partial charge in [0, 0.05) is 5.56 Å². The predicted molar refractivity (Wildman–Crippen MR) is 88.0 cm³/mol. The fourth-order valence-corrected chi connectivity index (χ4v) is 2.85. The largest absolute Gasteiger partial charge is 0.465 e. The van der Waals surface area contributed by atoms with Gasteiger partial charge in [-0.15, -0.1) is 10.2 Å². The molecule has 0 aliphatic heterocycles. The van der Waals surface area contributed by atoms with Crippen molar-refractivity contribution in [3.63, 3.8) is 0 Å². The van der Waals surface area contributed by atoms with Gasteiger partial charge >= 0.3 is 5.56 Å². The summed E-state index contributed by atoms with van der Waals surface area (Å²) >= 11 is 1.29. The Labute approximate surface area is 134 Å². The summed E-state index contributed by atoms with van der Waals surface area (Å²) in [6.45, 7) is 0. The monoisotopic (exact) mass is 322 g/mol. The van der Waals surface area contributed by atoms with Gasteiger partial charge in [0.25, 0.3) is 0 Å². The first-order chi connectivity index (χ1) is 11.3. The van der Waals surface area contributed by atoms with Crippen molar-refractivity contribution in [1.29, 1.82) is 0 Å². The van der Waals surface area contributed by atoms with E-state index in [2.05, 4.69) is 15.3 Å². The standard InChI is InChI=1S/C16H10N4O2S/c21-15-14(11-5-2-1-3-6-11)17-18-16-20(15)19-13(23-16)9-8-12-7-4-10-22-12/h1-10H/b9-8+. The summed E-state index contributed by atoms with van der Waals surface area (Å²) in [5.74, 6) is 0.715. The highest BCUT2D eigenvalue weighted by Crippen LogP contribution is 2.16. The molecule has 0 unspecified atom stereocenters. The van der Waals surface area contributed by atoms with Crippen LogP contribution in [0.1, 0.15) is 10.8 Å². The van der Waals surface area contributed by atoms with Crippen molar-refractivity contribution in [3.8, 4) is 11.3 Å². The van der Waals surface area contributed by atoms with Gasteiger partial charge in [0.2, 0.25) is 4.96 Å². The van der Waals surface area contributed by atoms with E-state index in [9.17, 15) is 4.79 Å². The minimum atomic E-state index is -0.282.